The van der Waals surface area contributed by atoms with E-state index in [4.69, 9.17) is 5.11 Å². The van der Waals surface area contributed by atoms with Crippen LogP contribution in [0, 0.1) is 0 Å². The highest BCUT2D eigenvalue weighted by atomic mass is 16.4. The molecule has 1 aromatic carbocycles. The number of carboxylic acids is 1. The second-order valence-corrected chi connectivity index (χ2v) is 5.29. The van der Waals surface area contributed by atoms with Gasteiger partial charge in [0.05, 0.1) is 6.20 Å². The second kappa shape index (κ2) is 4.29. The van der Waals surface area contributed by atoms with E-state index in [-0.39, 0.29) is 11.1 Å². The van der Waals surface area contributed by atoms with Crippen molar-refractivity contribution in [2.24, 2.45) is 0 Å². The SMILES string of the molecule is CC(C)(C)c1ccc(-c2cn[nH]c2C(=O)O)cc1. The van der Waals surface area contributed by atoms with Crippen LogP contribution >= 0.6 is 0 Å². The van der Waals surface area contributed by atoms with E-state index < -0.39 is 5.97 Å². The zero-order valence-electron chi connectivity index (χ0n) is 10.7. The monoisotopic (exact) mass is 244 g/mol. The van der Waals surface area contributed by atoms with E-state index in [1.165, 1.54) is 11.8 Å². The highest BCUT2D eigenvalue weighted by Crippen LogP contribution is 2.27. The van der Waals surface area contributed by atoms with Crippen molar-refractivity contribution in [2.75, 3.05) is 0 Å². The van der Waals surface area contributed by atoms with Gasteiger partial charge in [-0.3, -0.25) is 5.10 Å². The molecule has 0 saturated carbocycles. The zero-order chi connectivity index (χ0) is 13.3. The third kappa shape index (κ3) is 2.27. The van der Waals surface area contributed by atoms with E-state index in [1.54, 1.807) is 0 Å². The van der Waals surface area contributed by atoms with E-state index in [1.807, 2.05) is 24.3 Å². The number of aromatic nitrogens is 2. The summed E-state index contributed by atoms with van der Waals surface area (Å²) >= 11 is 0. The quantitative estimate of drug-likeness (QED) is 0.853. The van der Waals surface area contributed by atoms with Crippen molar-refractivity contribution in [1.29, 1.82) is 0 Å². The summed E-state index contributed by atoms with van der Waals surface area (Å²) in [4.78, 5) is 11.0. The van der Waals surface area contributed by atoms with Crippen LogP contribution in [0.3, 0.4) is 0 Å². The van der Waals surface area contributed by atoms with Crippen LogP contribution in [0.15, 0.2) is 30.5 Å². The van der Waals surface area contributed by atoms with Gasteiger partial charge in [0.1, 0.15) is 0 Å². The highest BCUT2D eigenvalue weighted by molar-refractivity contribution is 5.93. The van der Waals surface area contributed by atoms with Gasteiger partial charge in [-0.2, -0.15) is 5.10 Å². The molecule has 1 heterocycles. The molecule has 2 N–H and O–H groups in total. The van der Waals surface area contributed by atoms with Crippen molar-refractivity contribution in [3.05, 3.63) is 41.7 Å². The van der Waals surface area contributed by atoms with Crippen molar-refractivity contribution in [3.63, 3.8) is 0 Å². The first kappa shape index (κ1) is 12.4. The Morgan fingerprint density at radius 3 is 2.33 bits per heavy atom. The number of nitrogens with one attached hydrogen (secondary N) is 1. The van der Waals surface area contributed by atoms with Crippen molar-refractivity contribution in [2.45, 2.75) is 26.2 Å². The number of H-pyrrole nitrogens is 1. The van der Waals surface area contributed by atoms with E-state index in [0.717, 1.165) is 5.56 Å². The van der Waals surface area contributed by atoms with Gasteiger partial charge in [-0.15, -0.1) is 0 Å². The molecule has 4 nitrogen and oxygen atoms in total. The number of aromatic amines is 1. The Labute approximate surface area is 106 Å². The summed E-state index contributed by atoms with van der Waals surface area (Å²) in [7, 11) is 0. The van der Waals surface area contributed by atoms with Gasteiger partial charge in [-0.25, -0.2) is 4.79 Å². The van der Waals surface area contributed by atoms with Crippen LogP contribution in [0.2, 0.25) is 0 Å². The zero-order valence-corrected chi connectivity index (χ0v) is 10.7. The lowest BCUT2D eigenvalue weighted by atomic mass is 9.86. The molecule has 0 fully saturated rings. The molecule has 0 radical (unpaired) electrons. The lowest BCUT2D eigenvalue weighted by molar-refractivity contribution is 0.0691. The Bertz CT molecular complexity index is 562. The fraction of sp³-hybridized carbons (Fsp3) is 0.286. The van der Waals surface area contributed by atoms with Crippen molar-refractivity contribution in [1.82, 2.24) is 10.2 Å². The van der Waals surface area contributed by atoms with Crippen LogP contribution in [0.4, 0.5) is 0 Å². The van der Waals surface area contributed by atoms with Crippen molar-refractivity contribution in [3.8, 4) is 11.1 Å². The summed E-state index contributed by atoms with van der Waals surface area (Å²) in [6, 6.07) is 7.90. The molecular weight excluding hydrogens is 228 g/mol. The summed E-state index contributed by atoms with van der Waals surface area (Å²) in [5, 5.41) is 15.3. The third-order valence-corrected chi connectivity index (χ3v) is 2.92. The van der Waals surface area contributed by atoms with Gasteiger partial charge in [0, 0.05) is 5.56 Å². The number of hydrogen-bond acceptors (Lipinski definition) is 2. The molecule has 0 amide bonds. The van der Waals surface area contributed by atoms with E-state index in [2.05, 4.69) is 31.0 Å². The van der Waals surface area contributed by atoms with E-state index >= 15 is 0 Å². The molecule has 0 atom stereocenters. The Morgan fingerprint density at radius 1 is 1.22 bits per heavy atom. The molecule has 0 aliphatic carbocycles. The minimum Gasteiger partial charge on any atom is -0.477 e. The number of nitrogens with zero attached hydrogens (tertiary/aromatic N) is 1. The normalized spacial score (nSPS) is 11.5. The average Bonchev–Trinajstić information content (AvgIpc) is 2.77. The molecule has 0 saturated heterocycles. The second-order valence-electron chi connectivity index (χ2n) is 5.29. The average molecular weight is 244 g/mol. The lowest BCUT2D eigenvalue weighted by Crippen LogP contribution is -2.10. The lowest BCUT2D eigenvalue weighted by Gasteiger charge is -2.19. The van der Waals surface area contributed by atoms with Gasteiger partial charge in [-0.05, 0) is 16.5 Å². The molecule has 18 heavy (non-hydrogen) atoms. The Hall–Kier alpha value is -2.10. The molecule has 0 spiro atoms. The van der Waals surface area contributed by atoms with Gasteiger partial charge < -0.3 is 5.11 Å². The molecule has 0 bridgehead atoms. The molecular formula is C14H16N2O2. The number of hydrogen-bond donors (Lipinski definition) is 2. The molecule has 0 aliphatic rings. The smallest absolute Gasteiger partial charge is 0.354 e. The van der Waals surface area contributed by atoms with Gasteiger partial charge in [-0.1, -0.05) is 45.0 Å². The third-order valence-electron chi connectivity index (χ3n) is 2.92. The van der Waals surface area contributed by atoms with Crippen LogP contribution in [0.5, 0.6) is 0 Å². The molecule has 0 aliphatic heterocycles. The number of carbonyl (C=O) groups is 1. The Kier molecular flexibility index (Phi) is 2.95. The summed E-state index contributed by atoms with van der Waals surface area (Å²) in [6.07, 6.45) is 1.54. The fourth-order valence-electron chi connectivity index (χ4n) is 1.82. The standard InChI is InChI=1S/C14H16N2O2/c1-14(2,3)10-6-4-9(5-7-10)11-8-15-16-12(11)13(17)18/h4-8H,1-3H3,(H,15,16)(H,17,18). The van der Waals surface area contributed by atoms with Gasteiger partial charge >= 0.3 is 5.97 Å². The topological polar surface area (TPSA) is 66.0 Å². The molecule has 1 aromatic heterocycles. The molecule has 94 valence electrons. The van der Waals surface area contributed by atoms with Gasteiger partial charge in [0.2, 0.25) is 0 Å². The van der Waals surface area contributed by atoms with Gasteiger partial charge in [0.15, 0.2) is 5.69 Å². The maximum atomic E-state index is 11.0. The van der Waals surface area contributed by atoms with Crippen LogP contribution in [-0.4, -0.2) is 21.3 Å². The van der Waals surface area contributed by atoms with Crippen molar-refractivity contribution >= 4 is 5.97 Å². The minimum absolute atomic E-state index is 0.0879. The largest absolute Gasteiger partial charge is 0.477 e. The number of carboxylic acid groups (broad SMARTS) is 1. The first-order valence-electron chi connectivity index (χ1n) is 5.77. The predicted octanol–water partition coefficient (Wildman–Crippen LogP) is 3.07. The minimum atomic E-state index is -0.998. The van der Waals surface area contributed by atoms with Crippen LogP contribution in [-0.2, 0) is 5.41 Å². The molecule has 2 rings (SSSR count). The fourth-order valence-corrected chi connectivity index (χ4v) is 1.82. The van der Waals surface area contributed by atoms with Crippen LogP contribution in [0.25, 0.3) is 11.1 Å². The Balaban J connectivity index is 2.41. The molecule has 2 aromatic rings. The molecule has 4 heteroatoms. The number of aromatic carboxylic acids is 1. The number of benzene rings is 1. The highest BCUT2D eigenvalue weighted by Gasteiger charge is 2.16. The summed E-state index contributed by atoms with van der Waals surface area (Å²) in [5.41, 5.74) is 2.90. The summed E-state index contributed by atoms with van der Waals surface area (Å²) < 4.78 is 0. The van der Waals surface area contributed by atoms with E-state index in [9.17, 15) is 4.79 Å². The maximum Gasteiger partial charge on any atom is 0.354 e. The molecule has 0 unspecified atom stereocenters. The first-order chi connectivity index (χ1) is 8.39. The number of rotatable bonds is 2. The van der Waals surface area contributed by atoms with E-state index in [0.29, 0.717) is 5.56 Å². The maximum absolute atomic E-state index is 11.0. The van der Waals surface area contributed by atoms with Crippen LogP contribution in [0.1, 0.15) is 36.8 Å². The van der Waals surface area contributed by atoms with Gasteiger partial charge in [0.25, 0.3) is 0 Å². The first-order valence-corrected chi connectivity index (χ1v) is 5.77. The van der Waals surface area contributed by atoms with Crippen molar-refractivity contribution < 1.29 is 9.90 Å². The predicted molar refractivity (Wildman–Crippen MR) is 69.7 cm³/mol. The van der Waals surface area contributed by atoms with Crippen LogP contribution < -0.4 is 0 Å². The Morgan fingerprint density at radius 2 is 1.83 bits per heavy atom. The summed E-state index contributed by atoms with van der Waals surface area (Å²) in [5.74, 6) is -0.998. The summed E-state index contributed by atoms with van der Waals surface area (Å²) in [6.45, 7) is 6.42.